The highest BCUT2D eigenvalue weighted by molar-refractivity contribution is 6.46. The van der Waals surface area contributed by atoms with Crippen molar-refractivity contribution in [3.05, 3.63) is 70.9 Å². The molecule has 1 saturated heterocycles. The highest BCUT2D eigenvalue weighted by Gasteiger charge is 2.46. The first-order valence-corrected chi connectivity index (χ1v) is 11.6. The number of aliphatic hydroxyl groups is 1. The molecule has 2 N–H and O–H groups in total. The van der Waals surface area contributed by atoms with Gasteiger partial charge in [0.2, 0.25) is 0 Å². The first kappa shape index (κ1) is 23.6. The van der Waals surface area contributed by atoms with Crippen LogP contribution in [-0.2, 0) is 9.59 Å². The van der Waals surface area contributed by atoms with Gasteiger partial charge in [0.15, 0.2) is 0 Å². The molecule has 0 radical (unpaired) electrons. The van der Waals surface area contributed by atoms with Crippen molar-refractivity contribution in [2.75, 3.05) is 33.8 Å². The summed E-state index contributed by atoms with van der Waals surface area (Å²) in [6, 6.07) is 12.4. The second kappa shape index (κ2) is 9.73. The number of nitrogens with zero attached hydrogens (tertiary/aromatic N) is 2. The van der Waals surface area contributed by atoms with Gasteiger partial charge in [-0.05, 0) is 70.7 Å². The van der Waals surface area contributed by atoms with Crippen LogP contribution in [0.2, 0.25) is 0 Å². The number of carbonyl (C=O) groups excluding carboxylic acids is 2. The van der Waals surface area contributed by atoms with E-state index in [4.69, 9.17) is 4.74 Å². The van der Waals surface area contributed by atoms with Crippen LogP contribution in [0.15, 0.2) is 54.2 Å². The maximum absolute atomic E-state index is 13.3. The molecule has 1 amide bonds. The van der Waals surface area contributed by atoms with Gasteiger partial charge in [-0.1, -0.05) is 18.2 Å². The lowest BCUT2D eigenvalue weighted by Crippen LogP contribution is -2.32. The predicted molar refractivity (Wildman–Crippen MR) is 133 cm³/mol. The fourth-order valence-corrected chi connectivity index (χ4v) is 4.58. The number of benzene rings is 2. The van der Waals surface area contributed by atoms with E-state index in [1.165, 1.54) is 0 Å². The maximum Gasteiger partial charge on any atom is 0.295 e. The Kier molecular flexibility index (Phi) is 6.75. The van der Waals surface area contributed by atoms with Crippen molar-refractivity contribution in [1.82, 2.24) is 14.8 Å². The molecule has 0 saturated carbocycles. The Morgan fingerprint density at radius 2 is 1.94 bits per heavy atom. The normalized spacial score (nSPS) is 17.8. The molecule has 1 atom stereocenters. The zero-order valence-corrected chi connectivity index (χ0v) is 20.1. The number of para-hydroxylation sites is 1. The van der Waals surface area contributed by atoms with Gasteiger partial charge in [0, 0.05) is 34.8 Å². The number of carbonyl (C=O) groups is 2. The highest BCUT2D eigenvalue weighted by atomic mass is 16.5. The number of aromatic nitrogens is 1. The first-order chi connectivity index (χ1) is 16.3. The number of hydrogen-bond acceptors (Lipinski definition) is 5. The molecule has 3 aromatic rings. The number of hydrogen-bond donors (Lipinski definition) is 2. The van der Waals surface area contributed by atoms with E-state index in [1.807, 2.05) is 63.3 Å². The molecule has 1 fully saturated rings. The van der Waals surface area contributed by atoms with Crippen LogP contribution in [0.3, 0.4) is 0 Å². The SMILES string of the molecule is CCOc1ccc(/C(O)=C2\C(=O)C(=O)N(CCCN(C)C)C2c2c[nH]c3ccccc23)cc1C. The number of likely N-dealkylation sites (tertiary alicyclic amines) is 1. The van der Waals surface area contributed by atoms with Crippen molar-refractivity contribution < 1.29 is 19.4 Å². The summed E-state index contributed by atoms with van der Waals surface area (Å²) in [5.41, 5.74) is 3.15. The standard InChI is InChI=1S/C27H31N3O4/c1-5-34-22-12-11-18(15-17(22)2)25(31)23-24(20-16-28-21-10-7-6-9-19(20)21)30(27(33)26(23)32)14-8-13-29(3)4/h6-7,9-12,15-16,24,28,31H,5,8,13-14H2,1-4H3/b25-23+. The number of fused-ring (bicyclic) bond motifs is 1. The van der Waals surface area contributed by atoms with E-state index in [2.05, 4.69) is 4.98 Å². The van der Waals surface area contributed by atoms with E-state index in [9.17, 15) is 14.7 Å². The second-order valence-electron chi connectivity index (χ2n) is 8.85. The van der Waals surface area contributed by atoms with Crippen LogP contribution in [0, 0.1) is 6.92 Å². The molecule has 0 spiro atoms. The van der Waals surface area contributed by atoms with Crippen LogP contribution < -0.4 is 4.74 Å². The molecular formula is C27H31N3O4. The number of rotatable bonds is 8. The summed E-state index contributed by atoms with van der Waals surface area (Å²) in [4.78, 5) is 33.3. The van der Waals surface area contributed by atoms with Gasteiger partial charge in [0.1, 0.15) is 11.5 Å². The zero-order valence-electron chi connectivity index (χ0n) is 20.1. The van der Waals surface area contributed by atoms with Crippen LogP contribution >= 0.6 is 0 Å². The Labute approximate surface area is 199 Å². The van der Waals surface area contributed by atoms with E-state index >= 15 is 0 Å². The molecule has 2 heterocycles. The van der Waals surface area contributed by atoms with Gasteiger partial charge in [-0.3, -0.25) is 9.59 Å². The summed E-state index contributed by atoms with van der Waals surface area (Å²) in [5, 5.41) is 12.3. The number of ether oxygens (including phenoxy) is 1. The quantitative estimate of drug-likeness (QED) is 0.298. The lowest BCUT2D eigenvalue weighted by Gasteiger charge is -2.25. The summed E-state index contributed by atoms with van der Waals surface area (Å²) in [6.45, 7) is 5.52. The number of amides is 1. The smallest absolute Gasteiger partial charge is 0.295 e. The summed E-state index contributed by atoms with van der Waals surface area (Å²) in [7, 11) is 3.94. The van der Waals surface area contributed by atoms with Crippen LogP contribution in [0.1, 0.15) is 36.1 Å². The van der Waals surface area contributed by atoms with Gasteiger partial charge in [0.25, 0.3) is 11.7 Å². The molecule has 1 aliphatic heterocycles. The van der Waals surface area contributed by atoms with Crippen molar-refractivity contribution >= 4 is 28.4 Å². The first-order valence-electron chi connectivity index (χ1n) is 11.6. The molecule has 1 unspecified atom stereocenters. The number of Topliss-reactive ketones (excluding diaryl/α,β-unsaturated/α-hetero) is 1. The lowest BCUT2D eigenvalue weighted by atomic mass is 9.94. The number of H-pyrrole nitrogens is 1. The minimum Gasteiger partial charge on any atom is -0.507 e. The monoisotopic (exact) mass is 461 g/mol. The predicted octanol–water partition coefficient (Wildman–Crippen LogP) is 4.25. The van der Waals surface area contributed by atoms with Gasteiger partial charge >= 0.3 is 0 Å². The number of ketones is 1. The molecule has 1 aliphatic rings. The summed E-state index contributed by atoms with van der Waals surface area (Å²) < 4.78 is 5.61. The third-order valence-electron chi connectivity index (χ3n) is 6.21. The van der Waals surface area contributed by atoms with Crippen LogP contribution in [0.4, 0.5) is 0 Å². The van der Waals surface area contributed by atoms with Gasteiger partial charge in [-0.25, -0.2) is 0 Å². The van der Waals surface area contributed by atoms with Gasteiger partial charge < -0.3 is 24.6 Å². The molecule has 34 heavy (non-hydrogen) atoms. The third kappa shape index (κ3) is 4.31. The Balaban J connectivity index is 1.84. The number of aliphatic hydroxyl groups excluding tert-OH is 1. The van der Waals surface area contributed by atoms with Crippen LogP contribution in [0.25, 0.3) is 16.7 Å². The summed E-state index contributed by atoms with van der Waals surface area (Å²) >= 11 is 0. The minimum atomic E-state index is -0.676. The molecule has 178 valence electrons. The Bertz CT molecular complexity index is 1260. The molecule has 2 aromatic carbocycles. The molecule has 0 bridgehead atoms. The Morgan fingerprint density at radius 3 is 2.65 bits per heavy atom. The van der Waals surface area contributed by atoms with Gasteiger partial charge in [-0.15, -0.1) is 0 Å². The highest BCUT2D eigenvalue weighted by Crippen LogP contribution is 2.42. The number of aromatic amines is 1. The topological polar surface area (TPSA) is 85.9 Å². The van der Waals surface area contributed by atoms with Crippen molar-refractivity contribution in [2.24, 2.45) is 0 Å². The van der Waals surface area contributed by atoms with E-state index in [0.717, 1.165) is 34.3 Å². The molecule has 1 aromatic heterocycles. The number of nitrogens with one attached hydrogen (secondary N) is 1. The van der Waals surface area contributed by atoms with E-state index < -0.39 is 17.7 Å². The lowest BCUT2D eigenvalue weighted by molar-refractivity contribution is -0.139. The van der Waals surface area contributed by atoms with Crippen LogP contribution in [-0.4, -0.2) is 65.4 Å². The van der Waals surface area contributed by atoms with E-state index in [1.54, 1.807) is 23.1 Å². The maximum atomic E-state index is 13.3. The second-order valence-corrected chi connectivity index (χ2v) is 8.85. The van der Waals surface area contributed by atoms with E-state index in [-0.39, 0.29) is 11.3 Å². The summed E-state index contributed by atoms with van der Waals surface area (Å²) in [6.07, 6.45) is 2.54. The fraction of sp³-hybridized carbons (Fsp3) is 0.333. The summed E-state index contributed by atoms with van der Waals surface area (Å²) in [5.74, 6) is -0.700. The molecule has 4 rings (SSSR count). The number of aryl methyl sites for hydroxylation is 1. The van der Waals surface area contributed by atoms with Gasteiger partial charge in [0.05, 0.1) is 18.2 Å². The molecule has 0 aliphatic carbocycles. The fourth-order valence-electron chi connectivity index (χ4n) is 4.58. The average molecular weight is 462 g/mol. The van der Waals surface area contributed by atoms with Crippen LogP contribution in [0.5, 0.6) is 5.75 Å². The van der Waals surface area contributed by atoms with E-state index in [0.29, 0.717) is 25.1 Å². The van der Waals surface area contributed by atoms with Gasteiger partial charge in [-0.2, -0.15) is 0 Å². The Morgan fingerprint density at radius 1 is 1.18 bits per heavy atom. The molecule has 7 heteroatoms. The van der Waals surface area contributed by atoms with Crippen molar-refractivity contribution in [3.63, 3.8) is 0 Å². The van der Waals surface area contributed by atoms with Crippen molar-refractivity contribution in [2.45, 2.75) is 26.3 Å². The van der Waals surface area contributed by atoms with Crippen molar-refractivity contribution in [1.29, 1.82) is 0 Å². The average Bonchev–Trinajstić information content (AvgIpc) is 3.34. The Hall–Kier alpha value is -3.58. The largest absolute Gasteiger partial charge is 0.507 e. The minimum absolute atomic E-state index is 0.114. The van der Waals surface area contributed by atoms with Crippen molar-refractivity contribution in [3.8, 4) is 5.75 Å². The zero-order chi connectivity index (χ0) is 24.4. The molecule has 7 nitrogen and oxygen atoms in total. The molecular weight excluding hydrogens is 430 g/mol. The third-order valence-corrected chi connectivity index (χ3v) is 6.21.